The van der Waals surface area contributed by atoms with E-state index in [0.29, 0.717) is 24.3 Å². The first-order valence-corrected chi connectivity index (χ1v) is 4.22. The third-order valence-corrected chi connectivity index (χ3v) is 1.99. The maximum Gasteiger partial charge on any atom is 0.168 e. The Morgan fingerprint density at radius 3 is 2.69 bits per heavy atom. The predicted molar refractivity (Wildman–Crippen MR) is 50.4 cm³/mol. The third-order valence-electron chi connectivity index (χ3n) is 1.99. The quantitative estimate of drug-likeness (QED) is 0.773. The lowest BCUT2D eigenvalue weighted by molar-refractivity contribution is 0.381. The summed E-state index contributed by atoms with van der Waals surface area (Å²) in [5.41, 5.74) is 6.77. The summed E-state index contributed by atoms with van der Waals surface area (Å²) in [4.78, 5) is 0. The van der Waals surface area contributed by atoms with Crippen molar-refractivity contribution >= 4 is 0 Å². The summed E-state index contributed by atoms with van der Waals surface area (Å²) in [6.45, 7) is 2.26. The molecule has 0 aliphatic rings. The highest BCUT2D eigenvalue weighted by Crippen LogP contribution is 2.24. The SMILES string of the molecule is COc1c(C)ccc(CCN)c1F. The van der Waals surface area contributed by atoms with Crippen LogP contribution in [0.2, 0.25) is 0 Å². The van der Waals surface area contributed by atoms with Gasteiger partial charge >= 0.3 is 0 Å². The van der Waals surface area contributed by atoms with Crippen LogP contribution in [-0.2, 0) is 6.42 Å². The van der Waals surface area contributed by atoms with Gasteiger partial charge in [0.15, 0.2) is 11.6 Å². The van der Waals surface area contributed by atoms with Gasteiger partial charge in [-0.05, 0) is 31.0 Å². The van der Waals surface area contributed by atoms with Crippen LogP contribution < -0.4 is 10.5 Å². The summed E-state index contributed by atoms with van der Waals surface area (Å²) in [6.07, 6.45) is 0.544. The molecule has 0 aliphatic carbocycles. The molecule has 1 rings (SSSR count). The molecule has 0 saturated heterocycles. The number of rotatable bonds is 3. The Morgan fingerprint density at radius 2 is 2.15 bits per heavy atom. The van der Waals surface area contributed by atoms with E-state index in [9.17, 15) is 4.39 Å². The largest absolute Gasteiger partial charge is 0.493 e. The van der Waals surface area contributed by atoms with Gasteiger partial charge in [0.1, 0.15) is 0 Å². The Labute approximate surface area is 77.5 Å². The van der Waals surface area contributed by atoms with Crippen molar-refractivity contribution in [2.45, 2.75) is 13.3 Å². The highest BCUT2D eigenvalue weighted by atomic mass is 19.1. The van der Waals surface area contributed by atoms with E-state index in [1.807, 2.05) is 13.0 Å². The van der Waals surface area contributed by atoms with Gasteiger partial charge in [0, 0.05) is 0 Å². The van der Waals surface area contributed by atoms with Gasteiger partial charge in [-0.2, -0.15) is 0 Å². The molecular formula is C10H14FNO. The molecule has 1 aromatic rings. The summed E-state index contributed by atoms with van der Waals surface area (Å²) >= 11 is 0. The summed E-state index contributed by atoms with van der Waals surface area (Å²) in [5, 5.41) is 0. The van der Waals surface area contributed by atoms with Gasteiger partial charge in [-0.15, -0.1) is 0 Å². The summed E-state index contributed by atoms with van der Waals surface area (Å²) in [7, 11) is 1.47. The summed E-state index contributed by atoms with van der Waals surface area (Å²) in [5.74, 6) is 0.0406. The number of ether oxygens (including phenoxy) is 1. The van der Waals surface area contributed by atoms with Crippen molar-refractivity contribution < 1.29 is 9.13 Å². The number of halogens is 1. The molecule has 0 atom stereocenters. The Kier molecular flexibility index (Phi) is 3.25. The highest BCUT2D eigenvalue weighted by molar-refractivity contribution is 5.38. The molecule has 0 aromatic heterocycles. The zero-order chi connectivity index (χ0) is 9.84. The lowest BCUT2D eigenvalue weighted by Crippen LogP contribution is -2.05. The van der Waals surface area contributed by atoms with Gasteiger partial charge in [-0.1, -0.05) is 12.1 Å². The fourth-order valence-electron chi connectivity index (χ4n) is 1.29. The van der Waals surface area contributed by atoms with Crippen LogP contribution in [0.25, 0.3) is 0 Å². The molecule has 0 amide bonds. The summed E-state index contributed by atoms with van der Waals surface area (Å²) in [6, 6.07) is 3.59. The molecule has 72 valence electrons. The normalized spacial score (nSPS) is 10.2. The molecule has 0 heterocycles. The van der Waals surface area contributed by atoms with Crippen LogP contribution in [0.4, 0.5) is 4.39 Å². The zero-order valence-corrected chi connectivity index (χ0v) is 7.93. The molecule has 3 heteroatoms. The maximum atomic E-state index is 13.5. The van der Waals surface area contributed by atoms with Gasteiger partial charge in [0.25, 0.3) is 0 Å². The van der Waals surface area contributed by atoms with Crippen molar-refractivity contribution in [1.82, 2.24) is 0 Å². The van der Waals surface area contributed by atoms with E-state index >= 15 is 0 Å². The second kappa shape index (κ2) is 4.23. The lowest BCUT2D eigenvalue weighted by atomic mass is 10.1. The van der Waals surface area contributed by atoms with E-state index in [0.717, 1.165) is 5.56 Å². The number of methoxy groups -OCH3 is 1. The Bertz CT molecular complexity index is 299. The second-order valence-electron chi connectivity index (χ2n) is 2.93. The number of benzene rings is 1. The van der Waals surface area contributed by atoms with Crippen molar-refractivity contribution in [2.75, 3.05) is 13.7 Å². The van der Waals surface area contributed by atoms with Gasteiger partial charge in [-0.3, -0.25) is 0 Å². The molecule has 0 bridgehead atoms. The van der Waals surface area contributed by atoms with Crippen LogP contribution in [0.5, 0.6) is 5.75 Å². The van der Waals surface area contributed by atoms with E-state index in [-0.39, 0.29) is 5.82 Å². The summed E-state index contributed by atoms with van der Waals surface area (Å²) < 4.78 is 18.5. The Balaban J connectivity index is 3.11. The number of nitrogens with two attached hydrogens (primary N) is 1. The first kappa shape index (κ1) is 9.99. The zero-order valence-electron chi connectivity index (χ0n) is 7.93. The minimum absolute atomic E-state index is 0.284. The fourth-order valence-corrected chi connectivity index (χ4v) is 1.29. The third kappa shape index (κ3) is 1.98. The van der Waals surface area contributed by atoms with Crippen molar-refractivity contribution in [3.63, 3.8) is 0 Å². The van der Waals surface area contributed by atoms with Gasteiger partial charge < -0.3 is 10.5 Å². The van der Waals surface area contributed by atoms with Crippen LogP contribution in [0.1, 0.15) is 11.1 Å². The average Bonchev–Trinajstić information content (AvgIpc) is 2.11. The molecule has 1 aromatic carbocycles. The lowest BCUT2D eigenvalue weighted by Gasteiger charge is -2.09. The smallest absolute Gasteiger partial charge is 0.168 e. The van der Waals surface area contributed by atoms with E-state index in [4.69, 9.17) is 10.5 Å². The Morgan fingerprint density at radius 1 is 1.46 bits per heavy atom. The van der Waals surface area contributed by atoms with E-state index in [2.05, 4.69) is 0 Å². The molecule has 0 aliphatic heterocycles. The van der Waals surface area contributed by atoms with Crippen molar-refractivity contribution in [2.24, 2.45) is 5.73 Å². The molecule has 2 nitrogen and oxygen atoms in total. The number of hydrogen-bond acceptors (Lipinski definition) is 2. The molecule has 0 unspecified atom stereocenters. The van der Waals surface area contributed by atoms with Crippen molar-refractivity contribution in [3.8, 4) is 5.75 Å². The fraction of sp³-hybridized carbons (Fsp3) is 0.400. The molecular weight excluding hydrogens is 169 g/mol. The van der Waals surface area contributed by atoms with Gasteiger partial charge in [-0.25, -0.2) is 4.39 Å². The minimum atomic E-state index is -0.284. The van der Waals surface area contributed by atoms with Crippen LogP contribution in [0, 0.1) is 12.7 Å². The maximum absolute atomic E-state index is 13.5. The minimum Gasteiger partial charge on any atom is -0.493 e. The first-order chi connectivity index (χ1) is 6.20. The monoisotopic (exact) mass is 183 g/mol. The first-order valence-electron chi connectivity index (χ1n) is 4.22. The molecule has 0 spiro atoms. The van der Waals surface area contributed by atoms with Gasteiger partial charge in [0.2, 0.25) is 0 Å². The van der Waals surface area contributed by atoms with Crippen molar-refractivity contribution in [3.05, 3.63) is 29.1 Å². The van der Waals surface area contributed by atoms with Crippen LogP contribution in [0.15, 0.2) is 12.1 Å². The molecule has 0 fully saturated rings. The Hall–Kier alpha value is -1.09. The van der Waals surface area contributed by atoms with Crippen LogP contribution in [0.3, 0.4) is 0 Å². The highest BCUT2D eigenvalue weighted by Gasteiger charge is 2.10. The van der Waals surface area contributed by atoms with Crippen LogP contribution in [-0.4, -0.2) is 13.7 Å². The van der Waals surface area contributed by atoms with E-state index < -0.39 is 0 Å². The van der Waals surface area contributed by atoms with Gasteiger partial charge in [0.05, 0.1) is 7.11 Å². The molecule has 0 radical (unpaired) electrons. The van der Waals surface area contributed by atoms with E-state index in [1.165, 1.54) is 7.11 Å². The number of aryl methyl sites for hydroxylation is 1. The standard InChI is InChI=1S/C10H14FNO/c1-7-3-4-8(5-6-12)9(11)10(7)13-2/h3-4H,5-6,12H2,1-2H3. The molecule has 13 heavy (non-hydrogen) atoms. The average molecular weight is 183 g/mol. The topological polar surface area (TPSA) is 35.2 Å². The predicted octanol–water partition coefficient (Wildman–Crippen LogP) is 1.64. The molecule has 2 N–H and O–H groups in total. The molecule has 0 saturated carbocycles. The second-order valence-corrected chi connectivity index (χ2v) is 2.93. The number of hydrogen-bond donors (Lipinski definition) is 1. The van der Waals surface area contributed by atoms with Crippen molar-refractivity contribution in [1.29, 1.82) is 0 Å². The van der Waals surface area contributed by atoms with E-state index in [1.54, 1.807) is 6.07 Å². The van der Waals surface area contributed by atoms with Crippen LogP contribution >= 0.6 is 0 Å².